The minimum absolute atomic E-state index is 0.0834. The van der Waals surface area contributed by atoms with Crippen LogP contribution in [-0.2, 0) is 0 Å². The maximum Gasteiger partial charge on any atom is 0.116 e. The van der Waals surface area contributed by atoms with Crippen LogP contribution in [0.25, 0.3) is 66.9 Å². The molecular weight excluding hydrogens is 583 g/mol. The van der Waals surface area contributed by atoms with E-state index in [0.717, 1.165) is 28.3 Å². The maximum atomic E-state index is 3.86. The van der Waals surface area contributed by atoms with E-state index in [1.54, 1.807) is 0 Å². The summed E-state index contributed by atoms with van der Waals surface area (Å²) in [6, 6.07) is 60.8. The van der Waals surface area contributed by atoms with Crippen LogP contribution in [0, 0.1) is 0 Å². The lowest BCUT2D eigenvalue weighted by molar-refractivity contribution is 1.01. The molecule has 3 heteroatoms. The van der Waals surface area contributed by atoms with Gasteiger partial charge in [-0.3, -0.25) is 0 Å². The van der Waals surface area contributed by atoms with E-state index in [0.29, 0.717) is 0 Å². The predicted octanol–water partition coefficient (Wildman–Crippen LogP) is 11.7. The average molecular weight is 616 g/mol. The molecule has 1 aromatic heterocycles. The van der Waals surface area contributed by atoms with E-state index in [9.17, 15) is 0 Å². The topological polar surface area (TPSA) is 29.0 Å². The van der Waals surface area contributed by atoms with Crippen LogP contribution in [-0.4, -0.2) is 10.7 Å². The molecule has 1 unspecified atom stereocenters. The van der Waals surface area contributed by atoms with Crippen molar-refractivity contribution in [3.05, 3.63) is 181 Å². The number of anilines is 2. The number of nitrogens with zero attached hydrogens (tertiary/aromatic N) is 1. The van der Waals surface area contributed by atoms with Gasteiger partial charge in [-0.05, 0) is 75.5 Å². The van der Waals surface area contributed by atoms with E-state index in [1.807, 2.05) is 0 Å². The van der Waals surface area contributed by atoms with Crippen LogP contribution in [0.5, 0.6) is 0 Å². The van der Waals surface area contributed by atoms with E-state index in [2.05, 4.69) is 197 Å². The summed E-state index contributed by atoms with van der Waals surface area (Å²) in [5.41, 5.74) is 12.8. The maximum absolute atomic E-state index is 3.86. The lowest BCUT2D eigenvalue weighted by Crippen LogP contribution is -2.28. The van der Waals surface area contributed by atoms with Crippen molar-refractivity contribution in [2.75, 3.05) is 10.6 Å². The fourth-order valence-corrected chi connectivity index (χ4v) is 7.10. The Bertz CT molecular complexity index is 2460. The molecule has 2 heterocycles. The van der Waals surface area contributed by atoms with Crippen molar-refractivity contribution >= 4 is 39.1 Å². The molecule has 0 bridgehead atoms. The van der Waals surface area contributed by atoms with Gasteiger partial charge in [0.2, 0.25) is 0 Å². The first-order valence-electron chi connectivity index (χ1n) is 16.5. The van der Waals surface area contributed by atoms with Crippen molar-refractivity contribution in [2.24, 2.45) is 0 Å². The third-order valence-electron chi connectivity index (χ3n) is 9.36. The largest absolute Gasteiger partial charge is 0.362 e. The zero-order valence-electron chi connectivity index (χ0n) is 26.3. The quantitative estimate of drug-likeness (QED) is 0.195. The monoisotopic (exact) mass is 615 g/mol. The van der Waals surface area contributed by atoms with Gasteiger partial charge in [0.15, 0.2) is 0 Å². The van der Waals surface area contributed by atoms with Crippen molar-refractivity contribution < 1.29 is 0 Å². The summed E-state index contributed by atoms with van der Waals surface area (Å²) in [4.78, 5) is 0. The number of nitrogens with one attached hydrogen (secondary N) is 2. The molecule has 1 atom stereocenters. The molecule has 1 aliphatic rings. The third-order valence-corrected chi connectivity index (χ3v) is 9.36. The van der Waals surface area contributed by atoms with E-state index in [-0.39, 0.29) is 6.17 Å². The molecule has 1 aliphatic heterocycles. The molecule has 8 aromatic rings. The van der Waals surface area contributed by atoms with Crippen LogP contribution in [0.2, 0.25) is 0 Å². The highest BCUT2D eigenvalue weighted by Gasteiger charge is 2.24. The van der Waals surface area contributed by atoms with E-state index >= 15 is 0 Å². The van der Waals surface area contributed by atoms with Crippen molar-refractivity contribution in [3.63, 3.8) is 0 Å². The Morgan fingerprint density at radius 2 is 1.25 bits per heavy atom. The first kappa shape index (κ1) is 27.9. The fourth-order valence-electron chi connectivity index (χ4n) is 7.10. The number of fused-ring (bicyclic) bond motifs is 3. The molecule has 3 nitrogen and oxygen atoms in total. The smallest absolute Gasteiger partial charge is 0.116 e. The molecule has 48 heavy (non-hydrogen) atoms. The molecule has 0 radical (unpaired) electrons. The Kier molecular flexibility index (Phi) is 6.87. The molecule has 2 N–H and O–H groups in total. The number of hydrogen-bond donors (Lipinski definition) is 2. The Hall–Kier alpha value is -6.32. The lowest BCUT2D eigenvalue weighted by Gasteiger charge is -2.26. The average Bonchev–Trinajstić information content (AvgIpc) is 3.50. The zero-order chi connectivity index (χ0) is 31.9. The predicted molar refractivity (Wildman–Crippen MR) is 204 cm³/mol. The summed E-state index contributed by atoms with van der Waals surface area (Å²) in [6.45, 7) is 0. The number of aromatic nitrogens is 1. The van der Waals surface area contributed by atoms with Crippen LogP contribution in [0.4, 0.5) is 11.4 Å². The van der Waals surface area contributed by atoms with Crippen molar-refractivity contribution in [1.29, 1.82) is 0 Å². The number of para-hydroxylation sites is 2. The van der Waals surface area contributed by atoms with Gasteiger partial charge in [-0.2, -0.15) is 0 Å². The summed E-state index contributed by atoms with van der Waals surface area (Å²) in [6.07, 6.45) is 4.35. The molecular formula is C45H33N3. The second-order valence-electron chi connectivity index (χ2n) is 12.3. The molecule has 228 valence electrons. The van der Waals surface area contributed by atoms with Gasteiger partial charge in [-0.15, -0.1) is 0 Å². The molecule has 7 aromatic carbocycles. The van der Waals surface area contributed by atoms with Gasteiger partial charge in [0.1, 0.15) is 6.17 Å². The molecule has 9 rings (SSSR count). The SMILES string of the molecule is C1=CC(Nc2ccccc2-c2c(-c3ccccc3)c3ccccc3n2-c2ccc3ccccc3c2)Nc2ccc(-c3ccccc3)cc21. The van der Waals surface area contributed by atoms with Gasteiger partial charge in [0.25, 0.3) is 0 Å². The highest BCUT2D eigenvalue weighted by Crippen LogP contribution is 2.45. The molecule has 0 aliphatic carbocycles. The van der Waals surface area contributed by atoms with Gasteiger partial charge in [0.05, 0.1) is 11.2 Å². The highest BCUT2D eigenvalue weighted by molar-refractivity contribution is 6.07. The molecule has 0 spiro atoms. The van der Waals surface area contributed by atoms with Gasteiger partial charge in [0, 0.05) is 33.6 Å². The fraction of sp³-hybridized carbons (Fsp3) is 0.0222. The van der Waals surface area contributed by atoms with Crippen molar-refractivity contribution in [2.45, 2.75) is 6.17 Å². The first-order chi connectivity index (χ1) is 23.8. The van der Waals surface area contributed by atoms with Gasteiger partial charge >= 0.3 is 0 Å². The standard InChI is InChI=1S/C45H33N3/c1-3-13-31(14-4-1)35-24-27-40-36(29-35)25-28-43(46-40)47-41-21-11-9-19-38(41)45-44(33-16-5-2-6-17-33)39-20-10-12-22-42(39)48(45)37-26-23-32-15-7-8-18-34(32)30-37/h1-30,43,46-47H. The van der Waals surface area contributed by atoms with E-state index in [1.165, 1.54) is 49.5 Å². The molecule has 0 amide bonds. The van der Waals surface area contributed by atoms with Crippen LogP contribution in [0.1, 0.15) is 5.56 Å². The minimum atomic E-state index is -0.0834. The summed E-state index contributed by atoms with van der Waals surface area (Å²) >= 11 is 0. The lowest BCUT2D eigenvalue weighted by atomic mass is 9.97. The molecule has 0 fully saturated rings. The normalized spacial score (nSPS) is 13.7. The number of hydrogen-bond acceptors (Lipinski definition) is 2. The highest BCUT2D eigenvalue weighted by atomic mass is 15.1. The minimum Gasteiger partial charge on any atom is -0.362 e. The van der Waals surface area contributed by atoms with Crippen LogP contribution >= 0.6 is 0 Å². The second-order valence-corrected chi connectivity index (χ2v) is 12.3. The number of rotatable bonds is 6. The van der Waals surface area contributed by atoms with Crippen LogP contribution < -0.4 is 10.6 Å². The summed E-state index contributed by atoms with van der Waals surface area (Å²) < 4.78 is 2.44. The van der Waals surface area contributed by atoms with Gasteiger partial charge in [-0.1, -0.05) is 140 Å². The van der Waals surface area contributed by atoms with Crippen molar-refractivity contribution in [3.8, 4) is 39.2 Å². The number of benzene rings is 7. The van der Waals surface area contributed by atoms with Gasteiger partial charge < -0.3 is 15.2 Å². The Labute approximate surface area is 280 Å². The summed E-state index contributed by atoms with van der Waals surface area (Å²) in [7, 11) is 0. The Morgan fingerprint density at radius 1 is 0.542 bits per heavy atom. The van der Waals surface area contributed by atoms with Crippen molar-refractivity contribution in [1.82, 2.24) is 4.57 Å². The second kappa shape index (κ2) is 11.8. The molecule has 0 saturated carbocycles. The third kappa shape index (κ3) is 4.94. The van der Waals surface area contributed by atoms with E-state index < -0.39 is 0 Å². The van der Waals surface area contributed by atoms with Crippen LogP contribution in [0.3, 0.4) is 0 Å². The van der Waals surface area contributed by atoms with Crippen LogP contribution in [0.15, 0.2) is 176 Å². The molecule has 0 saturated heterocycles. The Morgan fingerprint density at radius 3 is 2.10 bits per heavy atom. The first-order valence-corrected chi connectivity index (χ1v) is 16.5. The zero-order valence-corrected chi connectivity index (χ0v) is 26.3. The van der Waals surface area contributed by atoms with E-state index in [4.69, 9.17) is 0 Å². The Balaban J connectivity index is 1.18. The summed E-state index contributed by atoms with van der Waals surface area (Å²) in [5, 5.41) is 11.3. The summed E-state index contributed by atoms with van der Waals surface area (Å²) in [5.74, 6) is 0. The van der Waals surface area contributed by atoms with Gasteiger partial charge in [-0.25, -0.2) is 0 Å².